The minimum atomic E-state index is -3.36. The lowest BCUT2D eigenvalue weighted by atomic mass is 10.1. The Labute approximate surface area is 122 Å². The van der Waals surface area contributed by atoms with Crippen molar-refractivity contribution in [1.82, 2.24) is 0 Å². The fraction of sp³-hybridized carbons (Fsp3) is 0.133. The maximum absolute atomic E-state index is 13.8. The van der Waals surface area contributed by atoms with Gasteiger partial charge in [0.25, 0.3) is 0 Å². The molecule has 0 aliphatic rings. The molecule has 108 valence electrons. The lowest BCUT2D eigenvalue weighted by Gasteiger charge is -2.11. The second kappa shape index (κ2) is 5.94. The fourth-order valence-corrected chi connectivity index (χ4v) is 2.75. The molecular weight excluding hydrogens is 291 g/mol. The largest absolute Gasteiger partial charge is 0.380 e. The SMILES string of the molecule is CS(=O)(=O)c1ccccc1NCc1ccc(C#N)cc1F. The first-order chi connectivity index (χ1) is 9.91. The van der Waals surface area contributed by atoms with Crippen LogP contribution >= 0.6 is 0 Å². The Bertz CT molecular complexity index is 811. The number of nitrogens with zero attached hydrogens (tertiary/aromatic N) is 1. The van der Waals surface area contributed by atoms with Gasteiger partial charge in [0, 0.05) is 18.4 Å². The summed E-state index contributed by atoms with van der Waals surface area (Å²) < 4.78 is 37.1. The van der Waals surface area contributed by atoms with Gasteiger partial charge in [-0.1, -0.05) is 18.2 Å². The summed E-state index contributed by atoms with van der Waals surface area (Å²) >= 11 is 0. The van der Waals surface area contributed by atoms with Crippen molar-refractivity contribution in [1.29, 1.82) is 5.26 Å². The first kappa shape index (κ1) is 15.0. The summed E-state index contributed by atoms with van der Waals surface area (Å²) in [5.41, 5.74) is 1.02. The van der Waals surface area contributed by atoms with E-state index in [2.05, 4.69) is 5.32 Å². The van der Waals surface area contributed by atoms with E-state index >= 15 is 0 Å². The minimum absolute atomic E-state index is 0.129. The third-order valence-electron chi connectivity index (χ3n) is 2.94. The van der Waals surface area contributed by atoms with Crippen LogP contribution in [0.1, 0.15) is 11.1 Å². The zero-order chi connectivity index (χ0) is 15.5. The molecule has 0 atom stereocenters. The predicted octanol–water partition coefficient (Wildman–Crippen LogP) is 2.71. The monoisotopic (exact) mass is 304 g/mol. The highest BCUT2D eigenvalue weighted by atomic mass is 32.2. The molecule has 0 fully saturated rings. The van der Waals surface area contributed by atoms with Crippen molar-refractivity contribution in [3.63, 3.8) is 0 Å². The van der Waals surface area contributed by atoms with Crippen molar-refractivity contribution in [3.05, 3.63) is 59.4 Å². The summed E-state index contributed by atoms with van der Waals surface area (Å²) in [6.07, 6.45) is 1.12. The van der Waals surface area contributed by atoms with Crippen LogP contribution in [0.15, 0.2) is 47.4 Å². The molecule has 2 rings (SSSR count). The summed E-state index contributed by atoms with van der Waals surface area (Å²) in [6.45, 7) is 0.129. The second-order valence-electron chi connectivity index (χ2n) is 4.54. The number of benzene rings is 2. The summed E-state index contributed by atoms with van der Waals surface area (Å²) in [5, 5.41) is 11.6. The Hall–Kier alpha value is -2.39. The highest BCUT2D eigenvalue weighted by Crippen LogP contribution is 2.21. The number of para-hydroxylation sites is 1. The third kappa shape index (κ3) is 3.58. The first-order valence-corrected chi connectivity index (χ1v) is 8.02. The van der Waals surface area contributed by atoms with Crippen LogP contribution in [0.25, 0.3) is 0 Å². The molecule has 0 saturated heterocycles. The molecule has 0 saturated carbocycles. The van der Waals surface area contributed by atoms with E-state index in [0.29, 0.717) is 11.3 Å². The van der Waals surface area contributed by atoms with Crippen LogP contribution in [0.4, 0.5) is 10.1 Å². The van der Waals surface area contributed by atoms with Crippen LogP contribution < -0.4 is 5.32 Å². The first-order valence-electron chi connectivity index (χ1n) is 6.13. The lowest BCUT2D eigenvalue weighted by Crippen LogP contribution is -2.07. The molecule has 0 bridgehead atoms. The molecule has 0 heterocycles. The van der Waals surface area contributed by atoms with E-state index in [1.165, 1.54) is 18.2 Å². The zero-order valence-electron chi connectivity index (χ0n) is 11.3. The lowest BCUT2D eigenvalue weighted by molar-refractivity contribution is 0.602. The van der Waals surface area contributed by atoms with Gasteiger partial charge in [0.1, 0.15) is 5.82 Å². The molecule has 0 aromatic heterocycles. The number of rotatable bonds is 4. The molecule has 6 heteroatoms. The van der Waals surface area contributed by atoms with Crippen LogP contribution in [-0.2, 0) is 16.4 Å². The van der Waals surface area contributed by atoms with E-state index in [-0.39, 0.29) is 17.0 Å². The Morgan fingerprint density at radius 1 is 1.24 bits per heavy atom. The maximum Gasteiger partial charge on any atom is 0.177 e. The topological polar surface area (TPSA) is 70.0 Å². The molecule has 0 aliphatic carbocycles. The van der Waals surface area contributed by atoms with Crippen LogP contribution in [0.3, 0.4) is 0 Å². The molecule has 0 aliphatic heterocycles. The maximum atomic E-state index is 13.8. The summed E-state index contributed by atoms with van der Waals surface area (Å²) in [6, 6.07) is 12.5. The molecule has 1 N–H and O–H groups in total. The number of sulfone groups is 1. The Morgan fingerprint density at radius 2 is 1.95 bits per heavy atom. The number of nitriles is 1. The van der Waals surface area contributed by atoms with Gasteiger partial charge < -0.3 is 5.32 Å². The van der Waals surface area contributed by atoms with Gasteiger partial charge in [0.2, 0.25) is 0 Å². The summed E-state index contributed by atoms with van der Waals surface area (Å²) in [4.78, 5) is 0.166. The van der Waals surface area contributed by atoms with Crippen molar-refractivity contribution < 1.29 is 12.8 Å². The van der Waals surface area contributed by atoms with E-state index in [1.54, 1.807) is 18.2 Å². The molecule has 0 amide bonds. The summed E-state index contributed by atoms with van der Waals surface area (Å²) in [5.74, 6) is -0.501. The van der Waals surface area contributed by atoms with E-state index in [4.69, 9.17) is 5.26 Å². The van der Waals surface area contributed by atoms with Crippen LogP contribution in [0.2, 0.25) is 0 Å². The molecule has 2 aromatic rings. The highest BCUT2D eigenvalue weighted by molar-refractivity contribution is 7.90. The Kier molecular flexibility index (Phi) is 4.24. The van der Waals surface area contributed by atoms with Gasteiger partial charge in [-0.25, -0.2) is 12.8 Å². The smallest absolute Gasteiger partial charge is 0.177 e. The third-order valence-corrected chi connectivity index (χ3v) is 4.09. The molecule has 0 radical (unpaired) electrons. The van der Waals surface area contributed by atoms with E-state index in [0.717, 1.165) is 12.3 Å². The van der Waals surface area contributed by atoms with Crippen molar-refractivity contribution >= 4 is 15.5 Å². The average Bonchev–Trinajstić information content (AvgIpc) is 2.45. The van der Waals surface area contributed by atoms with E-state index in [1.807, 2.05) is 6.07 Å². The van der Waals surface area contributed by atoms with E-state index < -0.39 is 15.7 Å². The average molecular weight is 304 g/mol. The number of nitrogens with one attached hydrogen (secondary N) is 1. The fourth-order valence-electron chi connectivity index (χ4n) is 1.89. The van der Waals surface area contributed by atoms with E-state index in [9.17, 15) is 12.8 Å². The molecule has 0 unspecified atom stereocenters. The number of halogens is 1. The van der Waals surface area contributed by atoms with Crippen LogP contribution in [-0.4, -0.2) is 14.7 Å². The molecular formula is C15H13FN2O2S. The molecule has 0 spiro atoms. The minimum Gasteiger partial charge on any atom is -0.380 e. The zero-order valence-corrected chi connectivity index (χ0v) is 12.1. The molecule has 2 aromatic carbocycles. The Balaban J connectivity index is 2.24. The van der Waals surface area contributed by atoms with Crippen molar-refractivity contribution in [2.45, 2.75) is 11.4 Å². The van der Waals surface area contributed by atoms with Crippen LogP contribution in [0.5, 0.6) is 0 Å². The van der Waals surface area contributed by atoms with Crippen molar-refractivity contribution in [3.8, 4) is 6.07 Å². The quantitative estimate of drug-likeness (QED) is 0.943. The van der Waals surface area contributed by atoms with Crippen molar-refractivity contribution in [2.75, 3.05) is 11.6 Å². The number of anilines is 1. The highest BCUT2D eigenvalue weighted by Gasteiger charge is 2.12. The van der Waals surface area contributed by atoms with Crippen molar-refractivity contribution in [2.24, 2.45) is 0 Å². The number of hydrogen-bond donors (Lipinski definition) is 1. The van der Waals surface area contributed by atoms with Gasteiger partial charge >= 0.3 is 0 Å². The molecule has 4 nitrogen and oxygen atoms in total. The van der Waals surface area contributed by atoms with Gasteiger partial charge in [-0.3, -0.25) is 0 Å². The number of hydrogen-bond acceptors (Lipinski definition) is 4. The van der Waals surface area contributed by atoms with Gasteiger partial charge in [-0.2, -0.15) is 5.26 Å². The molecule has 21 heavy (non-hydrogen) atoms. The second-order valence-corrected chi connectivity index (χ2v) is 6.52. The normalized spacial score (nSPS) is 10.9. The Morgan fingerprint density at radius 3 is 2.57 bits per heavy atom. The van der Waals surface area contributed by atoms with Gasteiger partial charge in [-0.15, -0.1) is 0 Å². The predicted molar refractivity (Wildman–Crippen MR) is 78.0 cm³/mol. The van der Waals surface area contributed by atoms with Gasteiger partial charge in [0.05, 0.1) is 22.2 Å². The van der Waals surface area contributed by atoms with Gasteiger partial charge in [0.15, 0.2) is 9.84 Å². The van der Waals surface area contributed by atoms with Gasteiger partial charge in [-0.05, 0) is 24.3 Å². The summed E-state index contributed by atoms with van der Waals surface area (Å²) in [7, 11) is -3.36. The standard InChI is InChI=1S/C15H13FN2O2S/c1-21(19,20)15-5-3-2-4-14(15)18-10-12-7-6-11(9-17)8-13(12)16/h2-8,18H,10H2,1H3. The van der Waals surface area contributed by atoms with Crippen LogP contribution in [0, 0.1) is 17.1 Å².